The van der Waals surface area contributed by atoms with Gasteiger partial charge in [-0.2, -0.15) is 0 Å². The van der Waals surface area contributed by atoms with Crippen LogP contribution in [0.15, 0.2) is 36.4 Å². The number of nitrogens with one attached hydrogen (secondary N) is 1. The number of nitro benzene ring substituents is 1. The first-order chi connectivity index (χ1) is 13.8. The molecule has 0 aromatic heterocycles. The maximum atomic E-state index is 13.2. The van der Waals surface area contributed by atoms with Crippen LogP contribution in [0.3, 0.4) is 0 Å². The van der Waals surface area contributed by atoms with E-state index >= 15 is 0 Å². The number of carbonyl (C=O) groups excluding carboxylic acids is 1. The molecule has 1 N–H and O–H groups in total. The van der Waals surface area contributed by atoms with Gasteiger partial charge >= 0.3 is 0 Å². The van der Waals surface area contributed by atoms with Gasteiger partial charge in [-0.25, -0.2) is 4.39 Å². The molecule has 0 bridgehead atoms. The number of rotatable bonds is 6. The maximum absolute atomic E-state index is 13.2. The molecule has 0 spiro atoms. The zero-order valence-corrected chi connectivity index (χ0v) is 16.9. The molecule has 0 saturated carbocycles. The third kappa shape index (κ3) is 5.86. The molecule has 2 aromatic carbocycles. The zero-order valence-electron chi connectivity index (χ0n) is 15.4. The normalized spacial score (nSPS) is 15.3. The molecule has 1 aliphatic rings. The molecule has 1 aliphatic heterocycles. The molecule has 1 saturated heterocycles. The highest BCUT2D eigenvalue weighted by Gasteiger charge is 2.20. The number of nitro groups is 1. The second kappa shape index (κ2) is 9.49. The van der Waals surface area contributed by atoms with E-state index in [-0.39, 0.29) is 29.0 Å². The van der Waals surface area contributed by atoms with Gasteiger partial charge in [0.2, 0.25) is 5.91 Å². The van der Waals surface area contributed by atoms with Gasteiger partial charge in [-0.1, -0.05) is 29.3 Å². The summed E-state index contributed by atoms with van der Waals surface area (Å²) >= 11 is 11.9. The first-order valence-corrected chi connectivity index (χ1v) is 9.70. The summed E-state index contributed by atoms with van der Waals surface area (Å²) in [5, 5.41) is 14.0. The predicted octanol–water partition coefficient (Wildman–Crippen LogP) is 3.80. The minimum absolute atomic E-state index is 0.0189. The summed E-state index contributed by atoms with van der Waals surface area (Å²) in [5.41, 5.74) is 0.941. The van der Waals surface area contributed by atoms with Crippen LogP contribution in [0.25, 0.3) is 0 Å². The van der Waals surface area contributed by atoms with Crippen molar-refractivity contribution in [3.05, 3.63) is 67.9 Å². The van der Waals surface area contributed by atoms with Crippen molar-refractivity contribution in [1.29, 1.82) is 0 Å². The zero-order chi connectivity index (χ0) is 21.0. The quantitative estimate of drug-likeness (QED) is 0.545. The number of halogens is 3. The van der Waals surface area contributed by atoms with Crippen molar-refractivity contribution in [3.63, 3.8) is 0 Å². The lowest BCUT2D eigenvalue weighted by Crippen LogP contribution is -2.48. The Morgan fingerprint density at radius 3 is 2.41 bits per heavy atom. The first-order valence-electron chi connectivity index (χ1n) is 8.94. The highest BCUT2D eigenvalue weighted by molar-refractivity contribution is 6.32. The monoisotopic (exact) mass is 440 g/mol. The number of nitrogens with zero attached hydrogens (tertiary/aromatic N) is 3. The molecule has 0 atom stereocenters. The van der Waals surface area contributed by atoms with Gasteiger partial charge in [0.05, 0.1) is 11.5 Å². The van der Waals surface area contributed by atoms with Gasteiger partial charge in [-0.05, 0) is 29.8 Å². The molecule has 2 aromatic rings. The van der Waals surface area contributed by atoms with Crippen molar-refractivity contribution in [1.82, 2.24) is 9.80 Å². The molecule has 1 amide bonds. The summed E-state index contributed by atoms with van der Waals surface area (Å²) in [7, 11) is 0. The first kappa shape index (κ1) is 21.4. The van der Waals surface area contributed by atoms with E-state index in [4.69, 9.17) is 23.2 Å². The molecule has 0 aliphatic carbocycles. The molecule has 7 nitrogen and oxygen atoms in total. The minimum Gasteiger partial charge on any atom is -0.325 e. The SMILES string of the molecule is O=C(CN1CCN(Cc2ccc(F)cc2Cl)CC1)Nc1ccc(Cl)c([N+](=O)[O-])c1. The highest BCUT2D eigenvalue weighted by atomic mass is 35.5. The maximum Gasteiger partial charge on any atom is 0.289 e. The Hall–Kier alpha value is -2.26. The summed E-state index contributed by atoms with van der Waals surface area (Å²) < 4.78 is 13.2. The van der Waals surface area contributed by atoms with Crippen LogP contribution in [0.5, 0.6) is 0 Å². The molecule has 29 heavy (non-hydrogen) atoms. The molecule has 3 rings (SSSR count). The van der Waals surface area contributed by atoms with Crippen LogP contribution in [0.4, 0.5) is 15.8 Å². The number of carbonyl (C=O) groups is 1. The lowest BCUT2D eigenvalue weighted by molar-refractivity contribution is -0.384. The Balaban J connectivity index is 1.48. The minimum atomic E-state index is -0.593. The van der Waals surface area contributed by atoms with Crippen LogP contribution in [0.2, 0.25) is 10.0 Å². The van der Waals surface area contributed by atoms with Crippen LogP contribution < -0.4 is 5.32 Å². The topological polar surface area (TPSA) is 78.7 Å². The van der Waals surface area contributed by atoms with Crippen LogP contribution >= 0.6 is 23.2 Å². The van der Waals surface area contributed by atoms with Gasteiger partial charge in [0, 0.05) is 49.5 Å². The van der Waals surface area contributed by atoms with Crippen LogP contribution in [-0.2, 0) is 11.3 Å². The molecule has 154 valence electrons. The summed E-state index contributed by atoms with van der Waals surface area (Å²) in [6.07, 6.45) is 0. The Labute approximate surface area is 177 Å². The molecule has 1 fully saturated rings. The van der Waals surface area contributed by atoms with Crippen molar-refractivity contribution < 1.29 is 14.1 Å². The van der Waals surface area contributed by atoms with Crippen LogP contribution in [0, 0.1) is 15.9 Å². The van der Waals surface area contributed by atoms with Gasteiger partial charge in [0.15, 0.2) is 0 Å². The average molecular weight is 441 g/mol. The van der Waals surface area contributed by atoms with Crippen LogP contribution in [0.1, 0.15) is 5.56 Å². The lowest BCUT2D eigenvalue weighted by Gasteiger charge is -2.34. The van der Waals surface area contributed by atoms with E-state index in [9.17, 15) is 19.3 Å². The summed E-state index contributed by atoms with van der Waals surface area (Å²) in [6.45, 7) is 3.66. The third-order valence-corrected chi connectivity index (χ3v) is 5.34. The van der Waals surface area contributed by atoms with Crippen molar-refractivity contribution in [2.75, 3.05) is 38.0 Å². The summed E-state index contributed by atoms with van der Waals surface area (Å²) in [5.74, 6) is -0.614. The van der Waals surface area contributed by atoms with E-state index in [1.807, 2.05) is 4.90 Å². The molecular formula is C19H19Cl2FN4O3. The molecular weight excluding hydrogens is 422 g/mol. The number of anilines is 1. The van der Waals surface area contributed by atoms with E-state index in [0.717, 1.165) is 18.7 Å². The second-order valence-corrected chi connectivity index (χ2v) is 7.57. The average Bonchev–Trinajstić information content (AvgIpc) is 2.67. The Morgan fingerprint density at radius 2 is 1.76 bits per heavy atom. The number of amides is 1. The fourth-order valence-corrected chi connectivity index (χ4v) is 3.54. The lowest BCUT2D eigenvalue weighted by atomic mass is 10.2. The summed E-state index contributed by atoms with van der Waals surface area (Å²) in [4.78, 5) is 26.8. The van der Waals surface area contributed by atoms with Crippen molar-refractivity contribution >= 4 is 40.5 Å². The third-order valence-electron chi connectivity index (χ3n) is 4.67. The van der Waals surface area contributed by atoms with Gasteiger partial charge in [0.25, 0.3) is 5.69 Å². The van der Waals surface area contributed by atoms with Crippen molar-refractivity contribution in [2.24, 2.45) is 0 Å². The highest BCUT2D eigenvalue weighted by Crippen LogP contribution is 2.27. The molecule has 1 heterocycles. The van der Waals surface area contributed by atoms with E-state index < -0.39 is 4.92 Å². The van der Waals surface area contributed by atoms with Gasteiger partial charge < -0.3 is 5.32 Å². The smallest absolute Gasteiger partial charge is 0.289 e. The molecule has 10 heteroatoms. The van der Waals surface area contributed by atoms with Gasteiger partial charge in [-0.3, -0.25) is 24.7 Å². The standard InChI is InChI=1S/C19H19Cl2FN4O3/c20-16-4-3-15(10-18(16)26(28)29)23-19(27)12-25-7-5-24(6-8-25)11-13-1-2-14(22)9-17(13)21/h1-4,9-10H,5-8,11-12H2,(H,23,27). The van der Waals surface area contributed by atoms with Crippen molar-refractivity contribution in [2.45, 2.75) is 6.54 Å². The van der Waals surface area contributed by atoms with E-state index in [2.05, 4.69) is 10.2 Å². The largest absolute Gasteiger partial charge is 0.325 e. The fourth-order valence-electron chi connectivity index (χ4n) is 3.13. The second-order valence-electron chi connectivity index (χ2n) is 6.76. The van der Waals surface area contributed by atoms with E-state index in [0.29, 0.717) is 30.3 Å². The number of piperazine rings is 1. The summed E-state index contributed by atoms with van der Waals surface area (Å²) in [6, 6.07) is 8.53. The Morgan fingerprint density at radius 1 is 1.07 bits per heavy atom. The van der Waals surface area contributed by atoms with Gasteiger partial charge in [-0.15, -0.1) is 0 Å². The van der Waals surface area contributed by atoms with Crippen LogP contribution in [-0.4, -0.2) is 53.4 Å². The van der Waals surface area contributed by atoms with Crippen molar-refractivity contribution in [3.8, 4) is 0 Å². The Kier molecular flexibility index (Phi) is 7.02. The number of benzene rings is 2. The number of hydrogen-bond acceptors (Lipinski definition) is 5. The fraction of sp³-hybridized carbons (Fsp3) is 0.316. The van der Waals surface area contributed by atoms with Gasteiger partial charge in [0.1, 0.15) is 10.8 Å². The van der Waals surface area contributed by atoms with E-state index in [1.165, 1.54) is 30.3 Å². The predicted molar refractivity (Wildman–Crippen MR) is 110 cm³/mol. The Bertz CT molecular complexity index is 920. The number of hydrogen-bond donors (Lipinski definition) is 1. The molecule has 0 unspecified atom stereocenters. The molecule has 0 radical (unpaired) electrons. The van der Waals surface area contributed by atoms with E-state index in [1.54, 1.807) is 6.07 Å².